The first-order chi connectivity index (χ1) is 14.4. The molecule has 0 aromatic heterocycles. The first kappa shape index (κ1) is 22.6. The first-order valence-electron chi connectivity index (χ1n) is 7.87. The van der Waals surface area contributed by atoms with Crippen LogP contribution in [-0.2, 0) is 0 Å². The highest BCUT2D eigenvalue weighted by molar-refractivity contribution is 6.95. The van der Waals surface area contributed by atoms with E-state index < -0.39 is 92.9 Å². The Balaban J connectivity index is 2.56. The van der Waals surface area contributed by atoms with Crippen molar-refractivity contribution < 1.29 is 52.7 Å². The SMILES string of the molecule is Fc1cc(F)c(B(c2c(F)cc(F)c(F)c2F)c2c(F)cc(F)c(F)c2F)c(F)c1F. The molecule has 13 heteroatoms. The molecule has 0 aliphatic heterocycles. The zero-order chi connectivity index (χ0) is 23.4. The van der Waals surface area contributed by atoms with E-state index in [0.29, 0.717) is 0 Å². The summed E-state index contributed by atoms with van der Waals surface area (Å²) >= 11 is 0. The zero-order valence-electron chi connectivity index (χ0n) is 14.3. The van der Waals surface area contributed by atoms with Gasteiger partial charge in [0.1, 0.15) is 17.5 Å². The number of rotatable bonds is 3. The lowest BCUT2D eigenvalue weighted by Crippen LogP contribution is -2.59. The maximum Gasteiger partial charge on any atom is 0.264 e. The molecular weight excluding hydrogens is 455 g/mol. The second kappa shape index (κ2) is 7.86. The third kappa shape index (κ3) is 3.51. The number of hydrogen-bond acceptors (Lipinski definition) is 0. The molecule has 3 aromatic rings. The van der Waals surface area contributed by atoms with Gasteiger partial charge >= 0.3 is 0 Å². The van der Waals surface area contributed by atoms with Crippen molar-refractivity contribution in [3.63, 3.8) is 0 Å². The highest BCUT2D eigenvalue weighted by Crippen LogP contribution is 2.19. The first-order valence-corrected chi connectivity index (χ1v) is 7.87. The van der Waals surface area contributed by atoms with Crippen LogP contribution in [0.2, 0.25) is 0 Å². The number of hydrogen-bond donors (Lipinski definition) is 0. The average molecular weight is 458 g/mol. The van der Waals surface area contributed by atoms with Gasteiger partial charge in [0.25, 0.3) is 6.71 Å². The summed E-state index contributed by atoms with van der Waals surface area (Å²) in [7, 11) is 0. The lowest BCUT2D eigenvalue weighted by Gasteiger charge is -2.20. The van der Waals surface area contributed by atoms with Crippen LogP contribution in [0.25, 0.3) is 0 Å². The Kier molecular flexibility index (Phi) is 5.72. The van der Waals surface area contributed by atoms with E-state index in [0.717, 1.165) is 0 Å². The van der Waals surface area contributed by atoms with Gasteiger partial charge in [-0.1, -0.05) is 0 Å². The Labute approximate surface area is 164 Å². The van der Waals surface area contributed by atoms with E-state index in [1.807, 2.05) is 0 Å². The van der Waals surface area contributed by atoms with E-state index >= 15 is 0 Å². The maximum atomic E-state index is 14.4. The van der Waals surface area contributed by atoms with Crippen LogP contribution in [0.1, 0.15) is 0 Å². The van der Waals surface area contributed by atoms with Gasteiger partial charge < -0.3 is 0 Å². The predicted molar refractivity (Wildman–Crippen MR) is 83.5 cm³/mol. The van der Waals surface area contributed by atoms with Crippen LogP contribution in [0.15, 0.2) is 18.2 Å². The fraction of sp³-hybridized carbons (Fsp3) is 0. The topological polar surface area (TPSA) is 0 Å². The smallest absolute Gasteiger partial charge is 0.207 e. The fourth-order valence-corrected chi connectivity index (χ4v) is 2.97. The van der Waals surface area contributed by atoms with Gasteiger partial charge in [-0.2, -0.15) is 0 Å². The lowest BCUT2D eigenvalue weighted by atomic mass is 9.36. The molecule has 0 spiro atoms. The van der Waals surface area contributed by atoms with E-state index in [1.165, 1.54) is 0 Å². The van der Waals surface area contributed by atoms with E-state index in [2.05, 4.69) is 0 Å². The van der Waals surface area contributed by atoms with Crippen molar-refractivity contribution in [2.45, 2.75) is 0 Å². The van der Waals surface area contributed by atoms with Crippen LogP contribution < -0.4 is 16.4 Å². The van der Waals surface area contributed by atoms with Crippen molar-refractivity contribution in [2.24, 2.45) is 0 Å². The number of halogens is 12. The summed E-state index contributed by atoms with van der Waals surface area (Å²) in [5, 5.41) is 0. The standard InChI is InChI=1S/C18H3BF12/c20-4-1-7(23)13(26)16(29)10(4)19(11-5(21)2-8(24)14(27)17(11)30)12-6(22)3-9(25)15(28)18(12)31/h1-3H. The third-order valence-electron chi connectivity index (χ3n) is 4.31. The molecule has 0 unspecified atom stereocenters. The van der Waals surface area contributed by atoms with Crippen LogP contribution >= 0.6 is 0 Å². The molecule has 162 valence electrons. The minimum Gasteiger partial charge on any atom is -0.207 e. The van der Waals surface area contributed by atoms with Gasteiger partial charge in [-0.15, -0.1) is 0 Å². The molecule has 0 fully saturated rings. The minimum atomic E-state index is -3.22. The normalized spacial score (nSPS) is 11.2. The molecule has 0 saturated carbocycles. The van der Waals surface area contributed by atoms with Crippen LogP contribution in [0.3, 0.4) is 0 Å². The second-order valence-corrected chi connectivity index (χ2v) is 6.08. The van der Waals surface area contributed by atoms with Crippen molar-refractivity contribution >= 4 is 23.1 Å². The van der Waals surface area contributed by atoms with Gasteiger partial charge in [0.05, 0.1) is 0 Å². The Hall–Kier alpha value is -3.12. The van der Waals surface area contributed by atoms with Crippen molar-refractivity contribution in [3.8, 4) is 0 Å². The average Bonchev–Trinajstić information content (AvgIpc) is 2.68. The molecule has 3 aromatic carbocycles. The monoisotopic (exact) mass is 458 g/mol. The molecule has 3 rings (SSSR count). The van der Waals surface area contributed by atoms with Gasteiger partial charge in [0.2, 0.25) is 0 Å². The fourth-order valence-electron chi connectivity index (χ4n) is 2.97. The van der Waals surface area contributed by atoms with Crippen LogP contribution in [0, 0.1) is 69.8 Å². The lowest BCUT2D eigenvalue weighted by molar-refractivity contribution is 0.436. The summed E-state index contributed by atoms with van der Waals surface area (Å²) in [4.78, 5) is 0. The van der Waals surface area contributed by atoms with Gasteiger partial charge in [-0.3, -0.25) is 0 Å². The van der Waals surface area contributed by atoms with E-state index in [1.54, 1.807) is 0 Å². The Bertz CT molecular complexity index is 1070. The van der Waals surface area contributed by atoms with Crippen molar-refractivity contribution in [3.05, 3.63) is 88.0 Å². The van der Waals surface area contributed by atoms with Gasteiger partial charge in [0.15, 0.2) is 52.4 Å². The summed E-state index contributed by atoms with van der Waals surface area (Å²) in [6.45, 7) is -3.22. The molecule has 0 radical (unpaired) electrons. The zero-order valence-corrected chi connectivity index (χ0v) is 14.3. The van der Waals surface area contributed by atoms with Crippen molar-refractivity contribution in [1.82, 2.24) is 0 Å². The second-order valence-electron chi connectivity index (χ2n) is 6.08. The van der Waals surface area contributed by atoms with Crippen LogP contribution in [-0.4, -0.2) is 6.71 Å². The molecule has 31 heavy (non-hydrogen) atoms. The highest BCUT2D eigenvalue weighted by Gasteiger charge is 2.41. The Morgan fingerprint density at radius 3 is 0.774 bits per heavy atom. The maximum absolute atomic E-state index is 14.4. The molecule has 0 N–H and O–H groups in total. The number of benzene rings is 3. The van der Waals surface area contributed by atoms with Gasteiger partial charge in [-0.05, 0) is 0 Å². The van der Waals surface area contributed by atoms with Crippen LogP contribution in [0.5, 0.6) is 0 Å². The van der Waals surface area contributed by atoms with Crippen LogP contribution in [0.4, 0.5) is 52.7 Å². The van der Waals surface area contributed by atoms with Gasteiger partial charge in [-0.25, -0.2) is 52.7 Å². The summed E-state index contributed by atoms with van der Waals surface area (Å²) in [6.07, 6.45) is 0. The molecule has 0 nitrogen and oxygen atoms in total. The molecule has 0 bridgehead atoms. The predicted octanol–water partition coefficient (Wildman–Crippen LogP) is 3.87. The Morgan fingerprint density at radius 2 is 0.548 bits per heavy atom. The quantitative estimate of drug-likeness (QED) is 0.242. The molecule has 0 heterocycles. The summed E-state index contributed by atoms with van der Waals surface area (Å²) in [5.41, 5.74) is -5.98. The van der Waals surface area contributed by atoms with Crippen molar-refractivity contribution in [1.29, 1.82) is 0 Å². The van der Waals surface area contributed by atoms with Crippen molar-refractivity contribution in [2.75, 3.05) is 0 Å². The third-order valence-corrected chi connectivity index (χ3v) is 4.31. The molecule has 0 saturated heterocycles. The van der Waals surface area contributed by atoms with E-state index in [4.69, 9.17) is 0 Å². The Morgan fingerprint density at radius 1 is 0.323 bits per heavy atom. The van der Waals surface area contributed by atoms with E-state index in [9.17, 15) is 52.7 Å². The highest BCUT2D eigenvalue weighted by atomic mass is 19.2. The van der Waals surface area contributed by atoms with Gasteiger partial charge in [0, 0.05) is 34.6 Å². The molecule has 0 aliphatic carbocycles. The molecule has 0 atom stereocenters. The summed E-state index contributed by atoms with van der Waals surface area (Å²) in [5.74, 6) is -28.2. The largest absolute Gasteiger partial charge is 0.264 e. The minimum absolute atomic E-state index is 0.383. The molecular formula is C18H3BF12. The molecule has 0 aliphatic rings. The summed E-state index contributed by atoms with van der Waals surface area (Å²) in [6, 6.07) is -1.15. The molecule has 0 amide bonds. The van der Waals surface area contributed by atoms with E-state index in [-0.39, 0.29) is 18.2 Å². The summed E-state index contributed by atoms with van der Waals surface area (Å²) < 4.78 is 167.